The van der Waals surface area contributed by atoms with Gasteiger partial charge in [-0.1, -0.05) is 121 Å². The third-order valence-corrected chi connectivity index (χ3v) is 11.4. The fourth-order valence-electron chi connectivity index (χ4n) is 8.66. The second-order valence-corrected chi connectivity index (χ2v) is 14.7. The van der Waals surface area contributed by atoms with Gasteiger partial charge in [0.15, 0.2) is 17.5 Å². The summed E-state index contributed by atoms with van der Waals surface area (Å²) in [6.07, 6.45) is 4.11. The van der Waals surface area contributed by atoms with Gasteiger partial charge in [-0.2, -0.15) is 0 Å². The molecule has 0 saturated carbocycles. The van der Waals surface area contributed by atoms with Crippen LogP contribution in [-0.2, 0) is 6.42 Å². The Kier molecular flexibility index (Phi) is 6.95. The Balaban J connectivity index is 0.981. The minimum Gasteiger partial charge on any atom is -0.460 e. The van der Waals surface area contributed by atoms with Crippen LogP contribution in [0.4, 0.5) is 0 Å². The SMILES string of the molecule is C1=C(n2c3ccccc3c3cc(-c4ccc5oc6c(-c7nc(-c8ccccc8)nc(-c8ccccc8)n7)cccc6c5c4)ccc32)CCc2oc3ccccc3c21. The van der Waals surface area contributed by atoms with Crippen molar-refractivity contribution >= 4 is 66.5 Å². The first-order chi connectivity index (χ1) is 28.2. The Bertz CT molecular complexity index is 3350. The van der Waals surface area contributed by atoms with Crippen molar-refractivity contribution in [2.45, 2.75) is 12.8 Å². The molecular formula is C51H32N4O2. The Morgan fingerprint density at radius 2 is 1.04 bits per heavy atom. The average molecular weight is 733 g/mol. The largest absolute Gasteiger partial charge is 0.460 e. The zero-order chi connectivity index (χ0) is 37.5. The van der Waals surface area contributed by atoms with Gasteiger partial charge in [0, 0.05) is 55.7 Å². The van der Waals surface area contributed by atoms with Crippen molar-refractivity contribution in [2.24, 2.45) is 0 Å². The summed E-state index contributed by atoms with van der Waals surface area (Å²) in [7, 11) is 0. The highest BCUT2D eigenvalue weighted by atomic mass is 16.3. The zero-order valence-corrected chi connectivity index (χ0v) is 30.7. The molecule has 0 fully saturated rings. The van der Waals surface area contributed by atoms with Crippen LogP contribution in [0.3, 0.4) is 0 Å². The van der Waals surface area contributed by atoms with Crippen molar-refractivity contribution < 1.29 is 8.83 Å². The zero-order valence-electron chi connectivity index (χ0n) is 30.7. The fraction of sp³-hybridized carbons (Fsp3) is 0.0392. The summed E-state index contributed by atoms with van der Waals surface area (Å²) in [5.74, 6) is 2.87. The molecule has 0 saturated heterocycles. The van der Waals surface area contributed by atoms with Gasteiger partial charge in [-0.15, -0.1) is 0 Å². The van der Waals surface area contributed by atoms with Crippen LogP contribution in [-0.4, -0.2) is 19.5 Å². The number of hydrogen-bond acceptors (Lipinski definition) is 5. The van der Waals surface area contributed by atoms with Crippen LogP contribution < -0.4 is 0 Å². The highest BCUT2D eigenvalue weighted by Gasteiger charge is 2.23. The average Bonchev–Trinajstić information content (AvgIpc) is 3.95. The lowest BCUT2D eigenvalue weighted by Gasteiger charge is -2.16. The first-order valence-electron chi connectivity index (χ1n) is 19.3. The van der Waals surface area contributed by atoms with Crippen molar-refractivity contribution in [2.75, 3.05) is 0 Å². The molecule has 4 aromatic heterocycles. The predicted octanol–water partition coefficient (Wildman–Crippen LogP) is 13.2. The third kappa shape index (κ3) is 5.07. The summed E-state index contributed by atoms with van der Waals surface area (Å²) in [6, 6.07) is 56.7. The van der Waals surface area contributed by atoms with Crippen molar-refractivity contribution in [1.82, 2.24) is 19.5 Å². The minimum absolute atomic E-state index is 0.569. The summed E-state index contributed by atoms with van der Waals surface area (Å²) in [4.78, 5) is 14.9. The first-order valence-corrected chi connectivity index (χ1v) is 19.3. The molecule has 12 rings (SSSR count). The number of furan rings is 2. The lowest BCUT2D eigenvalue weighted by atomic mass is 9.99. The second-order valence-electron chi connectivity index (χ2n) is 14.7. The van der Waals surface area contributed by atoms with E-state index in [2.05, 4.69) is 102 Å². The molecule has 268 valence electrons. The Hall–Kier alpha value is -7.57. The molecule has 0 unspecified atom stereocenters. The molecular weight excluding hydrogens is 701 g/mol. The van der Waals surface area contributed by atoms with E-state index < -0.39 is 0 Å². The molecule has 0 amide bonds. The highest BCUT2D eigenvalue weighted by Crippen LogP contribution is 2.42. The van der Waals surface area contributed by atoms with Crippen LogP contribution in [0.25, 0.3) is 112 Å². The molecule has 57 heavy (non-hydrogen) atoms. The third-order valence-electron chi connectivity index (χ3n) is 11.4. The highest BCUT2D eigenvalue weighted by molar-refractivity contribution is 6.13. The normalized spacial score (nSPS) is 12.9. The van der Waals surface area contributed by atoms with Crippen molar-refractivity contribution in [1.29, 1.82) is 0 Å². The van der Waals surface area contributed by atoms with Crippen LogP contribution in [0.2, 0.25) is 0 Å². The van der Waals surface area contributed by atoms with Gasteiger partial charge in [0.2, 0.25) is 0 Å². The van der Waals surface area contributed by atoms with Crippen molar-refractivity contribution in [3.63, 3.8) is 0 Å². The maximum absolute atomic E-state index is 6.65. The van der Waals surface area contributed by atoms with E-state index in [1.807, 2.05) is 72.8 Å². The maximum Gasteiger partial charge on any atom is 0.167 e. The molecule has 4 heterocycles. The van der Waals surface area contributed by atoms with E-state index in [-0.39, 0.29) is 0 Å². The molecule has 0 spiro atoms. The molecule has 0 aliphatic heterocycles. The van der Waals surface area contributed by atoms with E-state index >= 15 is 0 Å². The lowest BCUT2D eigenvalue weighted by molar-refractivity contribution is 0.546. The van der Waals surface area contributed by atoms with Gasteiger partial charge in [-0.25, -0.2) is 15.0 Å². The second kappa shape index (κ2) is 12.5. The lowest BCUT2D eigenvalue weighted by Crippen LogP contribution is -2.03. The van der Waals surface area contributed by atoms with Crippen LogP contribution in [0.15, 0.2) is 173 Å². The van der Waals surface area contributed by atoms with Crippen molar-refractivity contribution in [3.05, 3.63) is 175 Å². The summed E-state index contributed by atoms with van der Waals surface area (Å²) in [5.41, 5.74) is 12.3. The van der Waals surface area contributed by atoms with Gasteiger partial charge in [-0.3, -0.25) is 0 Å². The smallest absolute Gasteiger partial charge is 0.167 e. The standard InChI is InChI=1S/C51H32N4O2/c1-3-12-31(13-4-1)49-52-50(32-14-5-2-6-15-32)54-51(53-49)39-19-11-18-38-41-29-34(23-26-47(41)57-48(38)39)33-22-25-44-40(28-33)36-16-7-9-20-43(36)55(44)35-24-27-46-42(30-35)37-17-8-10-21-45(37)56-46/h1-23,25-26,28-30H,24,27H2. The van der Waals surface area contributed by atoms with Gasteiger partial charge >= 0.3 is 0 Å². The van der Waals surface area contributed by atoms with Crippen LogP contribution in [0.5, 0.6) is 0 Å². The van der Waals surface area contributed by atoms with Crippen molar-refractivity contribution in [3.8, 4) is 45.3 Å². The van der Waals surface area contributed by atoms with Gasteiger partial charge < -0.3 is 13.4 Å². The molecule has 6 nitrogen and oxygen atoms in total. The summed E-state index contributed by atoms with van der Waals surface area (Å²) >= 11 is 0. The molecule has 1 aliphatic carbocycles. The Morgan fingerprint density at radius 1 is 0.421 bits per heavy atom. The number of aromatic nitrogens is 4. The van der Waals surface area contributed by atoms with Crippen LogP contribution in [0, 0.1) is 0 Å². The molecule has 0 bridgehead atoms. The molecule has 11 aromatic rings. The van der Waals surface area contributed by atoms with E-state index in [1.54, 1.807) is 0 Å². The Morgan fingerprint density at radius 3 is 1.82 bits per heavy atom. The molecule has 0 atom stereocenters. The number of allylic oxidation sites excluding steroid dienone is 1. The molecule has 0 radical (unpaired) electrons. The number of hydrogen-bond donors (Lipinski definition) is 0. The molecule has 7 aromatic carbocycles. The van der Waals surface area contributed by atoms with E-state index in [4.69, 9.17) is 23.8 Å². The fourth-order valence-corrected chi connectivity index (χ4v) is 8.66. The van der Waals surface area contributed by atoms with Crippen LogP contribution in [0.1, 0.15) is 17.7 Å². The Labute approximate surface area is 327 Å². The minimum atomic E-state index is 0.569. The van der Waals surface area contributed by atoms with Gasteiger partial charge in [0.05, 0.1) is 16.6 Å². The van der Waals surface area contributed by atoms with E-state index in [1.165, 1.54) is 38.5 Å². The number of benzene rings is 7. The molecule has 6 heteroatoms. The van der Waals surface area contributed by atoms with Gasteiger partial charge in [-0.05, 0) is 66.1 Å². The summed E-state index contributed by atoms with van der Waals surface area (Å²) in [6.45, 7) is 0. The van der Waals surface area contributed by atoms with Crippen LogP contribution >= 0.6 is 0 Å². The maximum atomic E-state index is 6.65. The first kappa shape index (κ1) is 31.7. The van der Waals surface area contributed by atoms with E-state index in [0.29, 0.717) is 17.5 Å². The summed E-state index contributed by atoms with van der Waals surface area (Å²) in [5, 5.41) is 5.69. The molecule has 1 aliphatic rings. The van der Waals surface area contributed by atoms with E-state index in [0.717, 1.165) is 73.9 Å². The number of nitrogens with zero attached hydrogens (tertiary/aromatic N) is 4. The van der Waals surface area contributed by atoms with E-state index in [9.17, 15) is 0 Å². The predicted molar refractivity (Wildman–Crippen MR) is 231 cm³/mol. The van der Waals surface area contributed by atoms with Gasteiger partial charge in [0.1, 0.15) is 22.5 Å². The number of fused-ring (bicyclic) bond motifs is 9. The number of rotatable bonds is 5. The molecule has 0 N–H and O–H groups in total. The number of aryl methyl sites for hydroxylation is 1. The number of para-hydroxylation sites is 3. The monoisotopic (exact) mass is 732 g/mol. The summed E-state index contributed by atoms with van der Waals surface area (Å²) < 4.78 is 15.3. The topological polar surface area (TPSA) is 69.9 Å². The quantitative estimate of drug-likeness (QED) is 0.176. The van der Waals surface area contributed by atoms with Gasteiger partial charge in [0.25, 0.3) is 0 Å².